The number of rotatable bonds is 6. The van der Waals surface area contributed by atoms with Crippen molar-refractivity contribution in [2.75, 3.05) is 62.8 Å². The van der Waals surface area contributed by atoms with Crippen LogP contribution < -0.4 is 15.6 Å². The number of hydrogen-bond donors (Lipinski definition) is 5. The normalized spacial score (nSPS) is 17.3. The lowest BCUT2D eigenvalue weighted by atomic mass is 10.2. The Morgan fingerprint density at radius 1 is 0.972 bits per heavy atom. The number of sulfonamides is 1. The van der Waals surface area contributed by atoms with E-state index in [2.05, 4.69) is 20.7 Å². The number of thiocarbonyl (C=S) groups is 1. The van der Waals surface area contributed by atoms with Crippen molar-refractivity contribution in [3.63, 3.8) is 0 Å². The molecule has 0 spiro atoms. The van der Waals surface area contributed by atoms with Gasteiger partial charge >= 0.3 is 0 Å². The second-order valence-corrected chi connectivity index (χ2v) is 10.3. The molecule has 0 bridgehead atoms. The van der Waals surface area contributed by atoms with Gasteiger partial charge in [-0.15, -0.1) is 0 Å². The topological polar surface area (TPSA) is 156 Å². The molecule has 36 heavy (non-hydrogen) atoms. The van der Waals surface area contributed by atoms with E-state index in [1.165, 1.54) is 28.7 Å². The van der Waals surface area contributed by atoms with Crippen molar-refractivity contribution in [1.82, 2.24) is 9.73 Å². The number of anilines is 2. The van der Waals surface area contributed by atoms with Crippen LogP contribution in [0.15, 0.2) is 40.3 Å². The van der Waals surface area contributed by atoms with E-state index in [0.29, 0.717) is 45.2 Å². The lowest BCUT2D eigenvalue weighted by molar-refractivity contribution is 0.0730. The zero-order valence-corrected chi connectivity index (χ0v) is 20.9. The number of hydrogen-bond acceptors (Lipinski definition) is 10. The maximum absolute atomic E-state index is 13.2. The van der Waals surface area contributed by atoms with Crippen LogP contribution in [0.2, 0.25) is 0 Å². The first kappa shape index (κ1) is 25.9. The van der Waals surface area contributed by atoms with Crippen molar-refractivity contribution in [3.8, 4) is 17.2 Å². The molecule has 2 aliphatic rings. The fraction of sp³-hybridized carbons (Fsp3) is 0.364. The van der Waals surface area contributed by atoms with E-state index in [4.69, 9.17) is 21.7 Å². The fourth-order valence-electron chi connectivity index (χ4n) is 3.79. The summed E-state index contributed by atoms with van der Waals surface area (Å²) in [5.74, 6) is -1.65. The molecular weight excluding hydrogens is 510 g/mol. The van der Waals surface area contributed by atoms with Gasteiger partial charge in [-0.1, -0.05) is 0 Å². The molecule has 2 aliphatic heterocycles. The molecule has 0 unspecified atom stereocenters. The molecule has 0 saturated carbocycles. The zero-order chi connectivity index (χ0) is 25.7. The monoisotopic (exact) mass is 537 g/mol. The molecule has 2 saturated heterocycles. The molecule has 194 valence electrons. The third kappa shape index (κ3) is 5.79. The molecule has 2 fully saturated rings. The van der Waals surface area contributed by atoms with Crippen molar-refractivity contribution in [1.29, 1.82) is 0 Å². The van der Waals surface area contributed by atoms with E-state index < -0.39 is 27.3 Å². The number of nitrogens with zero attached hydrogens (tertiary/aromatic N) is 3. The van der Waals surface area contributed by atoms with Gasteiger partial charge in [0.25, 0.3) is 0 Å². The van der Waals surface area contributed by atoms with Crippen LogP contribution in [-0.4, -0.2) is 92.0 Å². The first-order chi connectivity index (χ1) is 17.3. The number of benzene rings is 2. The van der Waals surface area contributed by atoms with E-state index >= 15 is 0 Å². The highest BCUT2D eigenvalue weighted by Crippen LogP contribution is 2.36. The first-order valence-corrected chi connectivity index (χ1v) is 13.0. The van der Waals surface area contributed by atoms with Crippen LogP contribution in [-0.2, 0) is 19.5 Å². The minimum atomic E-state index is -3.73. The van der Waals surface area contributed by atoms with Gasteiger partial charge < -0.3 is 35.0 Å². The Morgan fingerprint density at radius 2 is 1.64 bits per heavy atom. The second-order valence-electron chi connectivity index (χ2n) is 7.99. The third-order valence-electron chi connectivity index (χ3n) is 5.71. The van der Waals surface area contributed by atoms with Crippen molar-refractivity contribution >= 4 is 44.9 Å². The molecule has 2 aromatic rings. The fourth-order valence-corrected chi connectivity index (χ4v) is 5.39. The van der Waals surface area contributed by atoms with Crippen LogP contribution in [0.5, 0.6) is 17.2 Å². The molecule has 12 nitrogen and oxygen atoms in total. The van der Waals surface area contributed by atoms with Crippen LogP contribution in [0, 0.1) is 0 Å². The number of nitrogens with one attached hydrogen (secondary N) is 2. The summed E-state index contributed by atoms with van der Waals surface area (Å²) in [4.78, 5) is 2.19. The summed E-state index contributed by atoms with van der Waals surface area (Å²) in [6, 6.07) is 7.43. The van der Waals surface area contributed by atoms with Gasteiger partial charge in [0, 0.05) is 31.7 Å². The number of ether oxygens (including phenoxy) is 2. The van der Waals surface area contributed by atoms with E-state index in [-0.39, 0.29) is 28.7 Å². The Labute approximate surface area is 213 Å². The maximum atomic E-state index is 13.2. The average Bonchev–Trinajstić information content (AvgIpc) is 2.89. The third-order valence-corrected chi connectivity index (χ3v) is 7.79. The van der Waals surface area contributed by atoms with Crippen LogP contribution in [0.4, 0.5) is 11.4 Å². The van der Waals surface area contributed by atoms with E-state index in [1.807, 2.05) is 0 Å². The van der Waals surface area contributed by atoms with Crippen molar-refractivity contribution in [2.24, 2.45) is 5.10 Å². The molecule has 0 atom stereocenters. The molecule has 0 aliphatic carbocycles. The largest absolute Gasteiger partial charge is 0.504 e. The van der Waals surface area contributed by atoms with Gasteiger partial charge in [0.15, 0.2) is 16.6 Å². The summed E-state index contributed by atoms with van der Waals surface area (Å²) in [5.41, 5.74) is 3.99. The van der Waals surface area contributed by atoms with E-state index in [0.717, 1.165) is 5.69 Å². The number of morpholine rings is 2. The van der Waals surface area contributed by atoms with Gasteiger partial charge in [0.2, 0.25) is 15.8 Å². The van der Waals surface area contributed by atoms with Crippen LogP contribution in [0.1, 0.15) is 5.56 Å². The molecule has 2 aromatic carbocycles. The summed E-state index contributed by atoms with van der Waals surface area (Å²) in [6.07, 6.45) is 1.21. The SMILES string of the molecule is O=S(=O)(c1ccc(N2CCOCC2)c(NC(=S)NN=Cc2ccc(O)c(O)c2O)c1)N1CCOCC1. The predicted octanol–water partition coefficient (Wildman–Crippen LogP) is 0.981. The molecule has 14 heteroatoms. The lowest BCUT2D eigenvalue weighted by Crippen LogP contribution is -2.40. The summed E-state index contributed by atoms with van der Waals surface area (Å²) in [6.45, 7) is 3.60. The Morgan fingerprint density at radius 3 is 2.33 bits per heavy atom. The molecule has 4 rings (SSSR count). The number of phenols is 3. The summed E-state index contributed by atoms with van der Waals surface area (Å²) in [5, 5.41) is 36.0. The lowest BCUT2D eigenvalue weighted by Gasteiger charge is -2.31. The summed E-state index contributed by atoms with van der Waals surface area (Å²) in [7, 11) is -3.73. The van der Waals surface area contributed by atoms with Crippen molar-refractivity contribution in [2.45, 2.75) is 4.90 Å². The van der Waals surface area contributed by atoms with Crippen molar-refractivity contribution < 1.29 is 33.2 Å². The Balaban J connectivity index is 1.55. The van der Waals surface area contributed by atoms with Gasteiger partial charge in [0.05, 0.1) is 48.9 Å². The van der Waals surface area contributed by atoms with Gasteiger partial charge in [0.1, 0.15) is 0 Å². The molecular formula is C22H27N5O7S2. The average molecular weight is 538 g/mol. The summed E-state index contributed by atoms with van der Waals surface area (Å²) >= 11 is 5.35. The van der Waals surface area contributed by atoms with Gasteiger partial charge in [-0.2, -0.15) is 9.41 Å². The molecule has 0 aromatic heterocycles. The number of aromatic hydroxyl groups is 3. The molecule has 0 amide bonds. The Bertz CT molecular complexity index is 1240. The van der Waals surface area contributed by atoms with E-state index in [1.54, 1.807) is 12.1 Å². The highest BCUT2D eigenvalue weighted by Gasteiger charge is 2.28. The van der Waals surface area contributed by atoms with Crippen LogP contribution in [0.3, 0.4) is 0 Å². The number of hydrazone groups is 1. The second kappa shape index (κ2) is 11.3. The van der Waals surface area contributed by atoms with E-state index in [9.17, 15) is 23.7 Å². The molecule has 5 N–H and O–H groups in total. The maximum Gasteiger partial charge on any atom is 0.243 e. The minimum absolute atomic E-state index is 0.0733. The minimum Gasteiger partial charge on any atom is -0.504 e. The van der Waals surface area contributed by atoms with Crippen LogP contribution >= 0.6 is 12.2 Å². The van der Waals surface area contributed by atoms with Crippen molar-refractivity contribution in [3.05, 3.63) is 35.9 Å². The molecule has 2 heterocycles. The smallest absolute Gasteiger partial charge is 0.243 e. The Kier molecular flexibility index (Phi) is 8.11. The number of phenolic OH excluding ortho intramolecular Hbond substituents is 3. The van der Waals surface area contributed by atoms with Gasteiger partial charge in [-0.3, -0.25) is 5.43 Å². The predicted molar refractivity (Wildman–Crippen MR) is 137 cm³/mol. The zero-order valence-electron chi connectivity index (χ0n) is 19.3. The quantitative estimate of drug-likeness (QED) is 0.155. The first-order valence-electron chi connectivity index (χ1n) is 11.2. The molecule has 0 radical (unpaired) electrons. The van der Waals surface area contributed by atoms with Crippen LogP contribution in [0.25, 0.3) is 0 Å². The Hall–Kier alpha value is -3.17. The highest BCUT2D eigenvalue weighted by molar-refractivity contribution is 7.89. The van der Waals surface area contributed by atoms with Gasteiger partial charge in [-0.25, -0.2) is 8.42 Å². The highest BCUT2D eigenvalue weighted by atomic mass is 32.2. The summed E-state index contributed by atoms with van der Waals surface area (Å²) < 4.78 is 38.5. The van der Waals surface area contributed by atoms with Gasteiger partial charge in [-0.05, 0) is 42.5 Å². The standard InChI is InChI=1S/C22H27N5O7S2/c28-19-4-1-15(20(29)21(19)30)14-23-25-22(35)24-17-13-16(36(31,32)27-7-11-34-12-8-27)2-3-18(17)26-5-9-33-10-6-26/h1-4,13-14,28-30H,5-12H2,(H2,24,25,35).